The summed E-state index contributed by atoms with van der Waals surface area (Å²) in [6, 6.07) is 13.4. The number of nitrogens with one attached hydrogen (secondary N) is 2. The van der Waals surface area contributed by atoms with Gasteiger partial charge in [-0.05, 0) is 24.3 Å². The quantitative estimate of drug-likeness (QED) is 0.386. The topological polar surface area (TPSA) is 54.0 Å². The molecule has 0 aliphatic rings. The maximum absolute atomic E-state index is 14.3. The maximum Gasteiger partial charge on any atom is 0.323 e. The van der Waals surface area contributed by atoms with Crippen molar-refractivity contribution in [2.45, 2.75) is 0 Å². The second-order valence-electron chi connectivity index (χ2n) is 6.37. The Hall–Kier alpha value is -3.58. The van der Waals surface area contributed by atoms with Gasteiger partial charge in [0.1, 0.15) is 23.0 Å². The van der Waals surface area contributed by atoms with Crippen molar-refractivity contribution < 1.29 is 18.0 Å². The van der Waals surface area contributed by atoms with Crippen LogP contribution < -0.4 is 10.6 Å². The molecule has 0 fully saturated rings. The minimum absolute atomic E-state index is 0.114. The van der Waals surface area contributed by atoms with E-state index in [1.165, 1.54) is 18.3 Å². The van der Waals surface area contributed by atoms with E-state index in [0.717, 1.165) is 12.1 Å². The molecule has 0 radical (unpaired) electrons. The molecule has 0 atom stereocenters. The number of aromatic nitrogens is 1. The predicted octanol–water partition coefficient (Wildman–Crippen LogP) is 6.62. The van der Waals surface area contributed by atoms with E-state index < -0.39 is 23.5 Å². The molecule has 2 N–H and O–H groups in total. The summed E-state index contributed by atoms with van der Waals surface area (Å²) < 4.78 is 41.2. The van der Waals surface area contributed by atoms with Crippen LogP contribution in [0.4, 0.5) is 29.3 Å². The molecule has 0 saturated heterocycles. The minimum Gasteiger partial charge on any atom is -0.306 e. The normalized spacial score (nSPS) is 10.8. The van der Waals surface area contributed by atoms with E-state index in [1.807, 2.05) is 0 Å². The van der Waals surface area contributed by atoms with Crippen molar-refractivity contribution in [1.82, 2.24) is 4.98 Å². The van der Waals surface area contributed by atoms with Gasteiger partial charge in [-0.1, -0.05) is 41.9 Å². The summed E-state index contributed by atoms with van der Waals surface area (Å²) in [4.78, 5) is 16.6. The van der Waals surface area contributed by atoms with Crippen LogP contribution in [0.1, 0.15) is 0 Å². The largest absolute Gasteiger partial charge is 0.323 e. The van der Waals surface area contributed by atoms with Gasteiger partial charge in [0.05, 0.1) is 17.6 Å². The third-order valence-electron chi connectivity index (χ3n) is 4.42. The van der Waals surface area contributed by atoms with Crippen molar-refractivity contribution >= 4 is 39.9 Å². The summed E-state index contributed by atoms with van der Waals surface area (Å²) in [6.07, 6.45) is 1.30. The van der Waals surface area contributed by atoms with Crippen molar-refractivity contribution in [3.63, 3.8) is 0 Å². The fourth-order valence-electron chi connectivity index (χ4n) is 3.10. The first kappa shape index (κ1) is 19.7. The Morgan fingerprint density at radius 3 is 2.40 bits per heavy atom. The second kappa shape index (κ2) is 8.04. The number of amides is 2. The Bertz CT molecular complexity index is 1280. The number of para-hydroxylation sites is 1. The molecular formula is C22H13ClF3N3O. The Labute approximate surface area is 174 Å². The van der Waals surface area contributed by atoms with Gasteiger partial charge in [-0.2, -0.15) is 0 Å². The van der Waals surface area contributed by atoms with E-state index in [0.29, 0.717) is 27.6 Å². The third kappa shape index (κ3) is 3.79. The highest BCUT2D eigenvalue weighted by Crippen LogP contribution is 2.38. The van der Waals surface area contributed by atoms with Crippen LogP contribution in [0.25, 0.3) is 22.0 Å². The maximum atomic E-state index is 14.3. The Morgan fingerprint density at radius 1 is 0.867 bits per heavy atom. The number of rotatable bonds is 3. The predicted molar refractivity (Wildman–Crippen MR) is 111 cm³/mol. The Kier molecular flexibility index (Phi) is 5.29. The molecule has 0 spiro atoms. The molecule has 30 heavy (non-hydrogen) atoms. The molecule has 1 aromatic heterocycles. The lowest BCUT2D eigenvalue weighted by Gasteiger charge is -2.16. The molecule has 0 unspecified atom stereocenters. The van der Waals surface area contributed by atoms with Crippen LogP contribution in [0, 0.1) is 17.5 Å². The van der Waals surface area contributed by atoms with E-state index in [1.54, 1.807) is 30.3 Å². The number of hydrogen-bond donors (Lipinski definition) is 2. The lowest BCUT2D eigenvalue weighted by atomic mass is 9.99. The number of hydrogen-bond acceptors (Lipinski definition) is 2. The Morgan fingerprint density at radius 2 is 1.63 bits per heavy atom. The van der Waals surface area contributed by atoms with Gasteiger partial charge in [-0.3, -0.25) is 4.98 Å². The zero-order chi connectivity index (χ0) is 21.3. The van der Waals surface area contributed by atoms with Gasteiger partial charge >= 0.3 is 6.03 Å². The number of halogens is 4. The fraction of sp³-hybridized carbons (Fsp3) is 0. The van der Waals surface area contributed by atoms with Crippen molar-refractivity contribution in [2.75, 3.05) is 10.6 Å². The third-order valence-corrected chi connectivity index (χ3v) is 4.75. The first-order valence-corrected chi connectivity index (χ1v) is 9.17. The second-order valence-corrected chi connectivity index (χ2v) is 6.77. The molecule has 2 amide bonds. The molecule has 0 aliphatic heterocycles. The number of carbonyl (C=O) groups is 1. The van der Waals surface area contributed by atoms with E-state index in [2.05, 4.69) is 15.6 Å². The van der Waals surface area contributed by atoms with E-state index in [4.69, 9.17) is 11.6 Å². The van der Waals surface area contributed by atoms with Crippen molar-refractivity contribution in [1.29, 1.82) is 0 Å². The molecule has 1 heterocycles. The molecule has 3 aromatic carbocycles. The summed E-state index contributed by atoms with van der Waals surface area (Å²) in [5.41, 5.74) is 1.16. The highest BCUT2D eigenvalue weighted by Gasteiger charge is 2.18. The SMILES string of the molecule is O=C(Nc1ccc(F)cc1F)Nc1cnc2c(F)cccc2c1-c1ccccc1Cl. The number of urea groups is 1. The average Bonchev–Trinajstić information content (AvgIpc) is 2.71. The molecule has 0 bridgehead atoms. The van der Waals surface area contributed by atoms with Crippen LogP contribution in [0.3, 0.4) is 0 Å². The zero-order valence-corrected chi connectivity index (χ0v) is 16.0. The van der Waals surface area contributed by atoms with E-state index in [-0.39, 0.29) is 16.9 Å². The Balaban J connectivity index is 1.78. The van der Waals surface area contributed by atoms with Gasteiger partial charge in [-0.15, -0.1) is 0 Å². The standard InChI is InChI=1S/C22H13ClF3N3O/c23-15-6-2-1-4-13(15)20-14-5-3-7-16(25)21(14)27-11-19(20)29-22(30)28-18-9-8-12(24)10-17(18)26/h1-11H,(H2,28,29,30). The summed E-state index contributed by atoms with van der Waals surface area (Å²) in [5, 5.41) is 5.73. The lowest BCUT2D eigenvalue weighted by molar-refractivity contribution is 0.262. The van der Waals surface area contributed by atoms with Crippen LogP contribution >= 0.6 is 11.6 Å². The molecule has 0 saturated carbocycles. The first-order valence-electron chi connectivity index (χ1n) is 8.79. The van der Waals surface area contributed by atoms with Gasteiger partial charge in [0, 0.05) is 27.6 Å². The minimum atomic E-state index is -0.921. The van der Waals surface area contributed by atoms with Crippen LogP contribution in [0.15, 0.2) is 66.9 Å². The van der Waals surface area contributed by atoms with Crippen LogP contribution in [0.5, 0.6) is 0 Å². The first-order chi connectivity index (χ1) is 14.4. The molecule has 4 rings (SSSR count). The zero-order valence-electron chi connectivity index (χ0n) is 15.2. The summed E-state index contributed by atoms with van der Waals surface area (Å²) >= 11 is 6.35. The van der Waals surface area contributed by atoms with Gasteiger partial charge in [0.15, 0.2) is 0 Å². The summed E-state index contributed by atoms with van der Waals surface area (Å²) in [6.45, 7) is 0. The number of carbonyl (C=O) groups excluding carboxylic acids is 1. The highest BCUT2D eigenvalue weighted by molar-refractivity contribution is 6.34. The number of nitrogens with zero attached hydrogens (tertiary/aromatic N) is 1. The number of benzene rings is 3. The molecule has 150 valence electrons. The number of anilines is 2. The fourth-order valence-corrected chi connectivity index (χ4v) is 3.33. The van der Waals surface area contributed by atoms with Gasteiger partial charge in [0.25, 0.3) is 0 Å². The molecule has 8 heteroatoms. The van der Waals surface area contributed by atoms with E-state index in [9.17, 15) is 18.0 Å². The van der Waals surface area contributed by atoms with Crippen molar-refractivity contribution in [2.24, 2.45) is 0 Å². The molecule has 4 nitrogen and oxygen atoms in total. The summed E-state index contributed by atoms with van der Waals surface area (Å²) in [5.74, 6) is -2.21. The molecule has 0 aliphatic carbocycles. The van der Waals surface area contributed by atoms with Crippen LogP contribution in [0.2, 0.25) is 5.02 Å². The monoisotopic (exact) mass is 427 g/mol. The van der Waals surface area contributed by atoms with Crippen LogP contribution in [-0.2, 0) is 0 Å². The highest BCUT2D eigenvalue weighted by atomic mass is 35.5. The average molecular weight is 428 g/mol. The van der Waals surface area contributed by atoms with Gasteiger partial charge in [0.2, 0.25) is 0 Å². The number of fused-ring (bicyclic) bond motifs is 1. The lowest BCUT2D eigenvalue weighted by Crippen LogP contribution is -2.21. The number of pyridine rings is 1. The summed E-state index contributed by atoms with van der Waals surface area (Å²) in [7, 11) is 0. The van der Waals surface area contributed by atoms with Crippen LogP contribution in [-0.4, -0.2) is 11.0 Å². The molecular weight excluding hydrogens is 415 g/mol. The molecule has 4 aromatic rings. The van der Waals surface area contributed by atoms with E-state index >= 15 is 0 Å². The smallest absolute Gasteiger partial charge is 0.306 e. The van der Waals surface area contributed by atoms with Gasteiger partial charge < -0.3 is 10.6 Å². The van der Waals surface area contributed by atoms with Crippen molar-refractivity contribution in [3.05, 3.63) is 89.3 Å². The van der Waals surface area contributed by atoms with Crippen molar-refractivity contribution in [3.8, 4) is 11.1 Å². The van der Waals surface area contributed by atoms with Gasteiger partial charge in [-0.25, -0.2) is 18.0 Å².